The van der Waals surface area contributed by atoms with E-state index in [9.17, 15) is 9.59 Å². The highest BCUT2D eigenvalue weighted by molar-refractivity contribution is 8.01. The van der Waals surface area contributed by atoms with Gasteiger partial charge in [-0.2, -0.15) is 0 Å². The maximum absolute atomic E-state index is 12.2. The fourth-order valence-corrected chi connectivity index (χ4v) is 3.56. The Balaban J connectivity index is 1.92. The van der Waals surface area contributed by atoms with Crippen LogP contribution in [0.4, 0.5) is 10.8 Å². The maximum atomic E-state index is 12.2. The van der Waals surface area contributed by atoms with Gasteiger partial charge in [0.15, 0.2) is 4.34 Å². The first-order chi connectivity index (χ1) is 12.0. The van der Waals surface area contributed by atoms with Crippen molar-refractivity contribution in [1.29, 1.82) is 0 Å². The summed E-state index contributed by atoms with van der Waals surface area (Å²) in [6.07, 6.45) is 0. The molecule has 7 nitrogen and oxygen atoms in total. The SMILES string of the molecule is CCOC(=O)c1ccccc1NC(=O)CSc1nnc(NC(C)C)s1. The second kappa shape index (κ2) is 9.38. The van der Waals surface area contributed by atoms with Crippen LogP contribution in [0.5, 0.6) is 0 Å². The second-order valence-corrected chi connectivity index (χ2v) is 7.48. The number of hydrogen-bond acceptors (Lipinski definition) is 8. The molecule has 0 aliphatic carbocycles. The van der Waals surface area contributed by atoms with E-state index in [1.807, 2.05) is 13.8 Å². The highest BCUT2D eigenvalue weighted by atomic mass is 32.2. The molecular weight excluding hydrogens is 360 g/mol. The van der Waals surface area contributed by atoms with Gasteiger partial charge in [-0.3, -0.25) is 4.79 Å². The van der Waals surface area contributed by atoms with Crippen LogP contribution in [0.2, 0.25) is 0 Å². The topological polar surface area (TPSA) is 93.2 Å². The number of para-hydroxylation sites is 1. The summed E-state index contributed by atoms with van der Waals surface area (Å²) in [6, 6.07) is 7.04. The minimum absolute atomic E-state index is 0.174. The van der Waals surface area contributed by atoms with E-state index in [-0.39, 0.29) is 24.3 Å². The fraction of sp³-hybridized carbons (Fsp3) is 0.375. The molecule has 0 unspecified atom stereocenters. The van der Waals surface area contributed by atoms with Crippen LogP contribution in [0.1, 0.15) is 31.1 Å². The van der Waals surface area contributed by atoms with E-state index in [2.05, 4.69) is 20.8 Å². The number of ether oxygens (including phenoxy) is 1. The van der Waals surface area contributed by atoms with Crippen LogP contribution in [0, 0.1) is 0 Å². The van der Waals surface area contributed by atoms with Crippen molar-refractivity contribution in [3.8, 4) is 0 Å². The zero-order valence-corrected chi connectivity index (χ0v) is 15.9. The van der Waals surface area contributed by atoms with Crippen molar-refractivity contribution in [3.63, 3.8) is 0 Å². The molecule has 1 aromatic carbocycles. The van der Waals surface area contributed by atoms with Gasteiger partial charge in [0.25, 0.3) is 0 Å². The Kier molecular flexibility index (Phi) is 7.20. The van der Waals surface area contributed by atoms with E-state index in [0.29, 0.717) is 15.6 Å². The van der Waals surface area contributed by atoms with Gasteiger partial charge in [0, 0.05) is 6.04 Å². The lowest BCUT2D eigenvalue weighted by Crippen LogP contribution is -2.17. The molecular formula is C16H20N4O3S2. The zero-order valence-electron chi connectivity index (χ0n) is 14.2. The average molecular weight is 380 g/mol. The first-order valence-electron chi connectivity index (χ1n) is 7.78. The third-order valence-electron chi connectivity index (χ3n) is 2.84. The Morgan fingerprint density at radius 3 is 2.76 bits per heavy atom. The highest BCUT2D eigenvalue weighted by Gasteiger charge is 2.15. The number of hydrogen-bond donors (Lipinski definition) is 2. The molecule has 0 aliphatic rings. The minimum atomic E-state index is -0.459. The summed E-state index contributed by atoms with van der Waals surface area (Å²) in [4.78, 5) is 24.1. The third kappa shape index (κ3) is 6.02. The third-order valence-corrected chi connectivity index (χ3v) is 4.83. The summed E-state index contributed by atoms with van der Waals surface area (Å²) in [6.45, 7) is 6.05. The largest absolute Gasteiger partial charge is 0.462 e. The van der Waals surface area contributed by atoms with Crippen molar-refractivity contribution >= 4 is 45.8 Å². The quantitative estimate of drug-likeness (QED) is 0.536. The summed E-state index contributed by atoms with van der Waals surface area (Å²) in [7, 11) is 0. The van der Waals surface area contributed by atoms with E-state index < -0.39 is 5.97 Å². The molecule has 0 radical (unpaired) electrons. The summed E-state index contributed by atoms with van der Waals surface area (Å²) >= 11 is 2.70. The Morgan fingerprint density at radius 2 is 2.04 bits per heavy atom. The molecule has 0 atom stereocenters. The summed E-state index contributed by atoms with van der Waals surface area (Å²) in [5.41, 5.74) is 0.771. The van der Waals surface area contributed by atoms with Gasteiger partial charge in [-0.05, 0) is 32.9 Å². The van der Waals surface area contributed by atoms with Crippen molar-refractivity contribution in [2.45, 2.75) is 31.2 Å². The van der Waals surface area contributed by atoms with E-state index in [0.717, 1.165) is 5.13 Å². The highest BCUT2D eigenvalue weighted by Crippen LogP contribution is 2.26. The predicted molar refractivity (Wildman–Crippen MR) is 100 cm³/mol. The number of carbonyl (C=O) groups excluding carboxylic acids is 2. The number of thioether (sulfide) groups is 1. The second-order valence-electron chi connectivity index (χ2n) is 5.28. The molecule has 0 saturated carbocycles. The monoisotopic (exact) mass is 380 g/mol. The molecule has 25 heavy (non-hydrogen) atoms. The molecule has 0 spiro atoms. The van der Waals surface area contributed by atoms with Crippen LogP contribution < -0.4 is 10.6 Å². The van der Waals surface area contributed by atoms with Gasteiger partial charge in [-0.1, -0.05) is 35.2 Å². The summed E-state index contributed by atoms with van der Waals surface area (Å²) < 4.78 is 5.70. The lowest BCUT2D eigenvalue weighted by atomic mass is 10.2. The lowest BCUT2D eigenvalue weighted by Gasteiger charge is -2.09. The molecule has 134 valence electrons. The van der Waals surface area contributed by atoms with Crippen LogP contribution in [-0.2, 0) is 9.53 Å². The van der Waals surface area contributed by atoms with Gasteiger partial charge < -0.3 is 15.4 Å². The average Bonchev–Trinajstić information content (AvgIpc) is 3.00. The number of amides is 1. The number of benzene rings is 1. The van der Waals surface area contributed by atoms with Gasteiger partial charge >= 0.3 is 5.97 Å². The number of rotatable bonds is 8. The van der Waals surface area contributed by atoms with Crippen molar-refractivity contribution in [2.24, 2.45) is 0 Å². The van der Waals surface area contributed by atoms with Crippen LogP contribution in [0.25, 0.3) is 0 Å². The number of aromatic nitrogens is 2. The Bertz CT molecular complexity index is 734. The van der Waals surface area contributed by atoms with Gasteiger partial charge in [-0.15, -0.1) is 10.2 Å². The first-order valence-corrected chi connectivity index (χ1v) is 9.58. The molecule has 0 saturated heterocycles. The first kappa shape index (κ1) is 19.2. The van der Waals surface area contributed by atoms with Gasteiger partial charge in [0.05, 0.1) is 23.6 Å². The van der Waals surface area contributed by atoms with Gasteiger partial charge in [0.2, 0.25) is 11.0 Å². The van der Waals surface area contributed by atoms with Crippen molar-refractivity contribution in [1.82, 2.24) is 10.2 Å². The normalized spacial score (nSPS) is 10.6. The van der Waals surface area contributed by atoms with Crippen molar-refractivity contribution < 1.29 is 14.3 Å². The molecule has 0 bridgehead atoms. The van der Waals surface area contributed by atoms with E-state index >= 15 is 0 Å². The molecule has 0 fully saturated rings. The number of carbonyl (C=O) groups is 2. The molecule has 2 aromatic rings. The Hall–Kier alpha value is -2.13. The zero-order chi connectivity index (χ0) is 18.2. The number of anilines is 2. The molecule has 1 amide bonds. The standard InChI is InChI=1S/C16H20N4O3S2/c1-4-23-14(22)11-7-5-6-8-12(11)18-13(21)9-24-16-20-19-15(25-16)17-10(2)3/h5-8,10H,4,9H2,1-3H3,(H,17,19)(H,18,21). The lowest BCUT2D eigenvalue weighted by molar-refractivity contribution is -0.113. The Labute approximate surface area is 154 Å². The van der Waals surface area contributed by atoms with Gasteiger partial charge in [0.1, 0.15) is 0 Å². The number of nitrogens with one attached hydrogen (secondary N) is 2. The molecule has 2 N–H and O–H groups in total. The number of nitrogens with zero attached hydrogens (tertiary/aromatic N) is 2. The fourth-order valence-electron chi connectivity index (χ4n) is 1.87. The summed E-state index contributed by atoms with van der Waals surface area (Å²) in [5, 5.41) is 14.7. The van der Waals surface area contributed by atoms with E-state index in [1.54, 1.807) is 31.2 Å². The molecule has 2 rings (SSSR count). The molecule has 0 aliphatic heterocycles. The van der Waals surface area contributed by atoms with Crippen LogP contribution in [0.3, 0.4) is 0 Å². The predicted octanol–water partition coefficient (Wildman–Crippen LogP) is 3.27. The number of esters is 1. The summed E-state index contributed by atoms with van der Waals surface area (Å²) in [5.74, 6) is -0.511. The molecule has 1 aromatic heterocycles. The molecule has 1 heterocycles. The van der Waals surface area contributed by atoms with Crippen LogP contribution in [-0.4, -0.2) is 40.5 Å². The van der Waals surface area contributed by atoms with E-state index in [1.165, 1.54) is 23.1 Å². The van der Waals surface area contributed by atoms with Crippen molar-refractivity contribution in [3.05, 3.63) is 29.8 Å². The van der Waals surface area contributed by atoms with Crippen LogP contribution >= 0.6 is 23.1 Å². The Morgan fingerprint density at radius 1 is 1.28 bits per heavy atom. The smallest absolute Gasteiger partial charge is 0.340 e. The maximum Gasteiger partial charge on any atom is 0.340 e. The minimum Gasteiger partial charge on any atom is -0.462 e. The van der Waals surface area contributed by atoms with Gasteiger partial charge in [-0.25, -0.2) is 4.79 Å². The van der Waals surface area contributed by atoms with Crippen molar-refractivity contribution in [2.75, 3.05) is 23.0 Å². The van der Waals surface area contributed by atoms with Crippen LogP contribution in [0.15, 0.2) is 28.6 Å². The molecule has 9 heteroatoms. The van der Waals surface area contributed by atoms with E-state index in [4.69, 9.17) is 4.74 Å².